The van der Waals surface area contributed by atoms with Crippen LogP contribution in [0.3, 0.4) is 0 Å². The number of alkyl halides is 3. The third-order valence-electron chi connectivity index (χ3n) is 7.62. The first kappa shape index (κ1) is 29.2. The van der Waals surface area contributed by atoms with Gasteiger partial charge in [0, 0.05) is 60.1 Å². The first-order chi connectivity index (χ1) is 19.5. The summed E-state index contributed by atoms with van der Waals surface area (Å²) in [4.78, 5) is 27.9. The van der Waals surface area contributed by atoms with E-state index in [9.17, 15) is 32.5 Å². The number of nitro groups is 1. The Balaban J connectivity index is 1.03. The van der Waals surface area contributed by atoms with Gasteiger partial charge in [0.1, 0.15) is 18.0 Å². The van der Waals surface area contributed by atoms with E-state index in [0.29, 0.717) is 38.8 Å². The molecule has 2 aromatic carbocycles. The van der Waals surface area contributed by atoms with Crippen LogP contribution in [0.2, 0.25) is 0 Å². The highest BCUT2D eigenvalue weighted by Crippen LogP contribution is 2.38. The van der Waals surface area contributed by atoms with Gasteiger partial charge in [0.2, 0.25) is 5.91 Å². The van der Waals surface area contributed by atoms with Crippen molar-refractivity contribution in [3.63, 3.8) is 0 Å². The Morgan fingerprint density at radius 1 is 1.05 bits per heavy atom. The van der Waals surface area contributed by atoms with Crippen LogP contribution in [0, 0.1) is 15.9 Å². The fraction of sp³-hybridized carbons (Fsp3) is 0.464. The van der Waals surface area contributed by atoms with Gasteiger partial charge in [0.05, 0.1) is 11.0 Å². The molecule has 2 heterocycles. The molecule has 0 radical (unpaired) electrons. The molecule has 13 heteroatoms. The molecule has 8 nitrogen and oxygen atoms in total. The summed E-state index contributed by atoms with van der Waals surface area (Å²) in [5.74, 6) is -0.307. The molecule has 5 rings (SSSR count). The number of hydrogen-bond donors (Lipinski definition) is 1. The molecule has 41 heavy (non-hydrogen) atoms. The summed E-state index contributed by atoms with van der Waals surface area (Å²) in [6, 6.07) is 9.67. The van der Waals surface area contributed by atoms with Crippen molar-refractivity contribution in [3.05, 3.63) is 68.8 Å². The number of rotatable bonds is 8. The Kier molecular flexibility index (Phi) is 8.76. The lowest BCUT2D eigenvalue weighted by molar-refractivity contribution is -0.388. The predicted octanol–water partition coefficient (Wildman–Crippen LogP) is 6.05. The van der Waals surface area contributed by atoms with E-state index in [1.54, 1.807) is 28.4 Å². The van der Waals surface area contributed by atoms with Crippen LogP contribution in [0.25, 0.3) is 10.1 Å². The molecule has 1 aromatic heterocycles. The Labute approximate surface area is 238 Å². The van der Waals surface area contributed by atoms with Crippen molar-refractivity contribution in [2.75, 3.05) is 38.1 Å². The summed E-state index contributed by atoms with van der Waals surface area (Å²) in [5.41, 5.74) is -2.07. The molecule has 2 fully saturated rings. The van der Waals surface area contributed by atoms with Crippen molar-refractivity contribution >= 4 is 38.7 Å². The van der Waals surface area contributed by atoms with Crippen molar-refractivity contribution in [3.8, 4) is 0 Å². The van der Waals surface area contributed by atoms with Crippen molar-refractivity contribution in [1.82, 2.24) is 9.80 Å². The lowest BCUT2D eigenvalue weighted by Crippen LogP contribution is -2.49. The number of thiophene rings is 1. The van der Waals surface area contributed by atoms with Gasteiger partial charge in [-0.25, -0.2) is 4.39 Å². The minimum absolute atomic E-state index is 0.0120. The summed E-state index contributed by atoms with van der Waals surface area (Å²) in [7, 11) is 0. The normalized spacial score (nSPS) is 20.3. The number of carbonyl (C=O) groups excluding carboxylic acids is 1. The van der Waals surface area contributed by atoms with Crippen LogP contribution in [-0.4, -0.2) is 65.6 Å². The maximum atomic E-state index is 13.5. The summed E-state index contributed by atoms with van der Waals surface area (Å²) < 4.78 is 60.2. The van der Waals surface area contributed by atoms with Gasteiger partial charge in [-0.2, -0.15) is 13.2 Å². The summed E-state index contributed by atoms with van der Waals surface area (Å²) in [6.45, 7) is 3.44. The molecule has 1 amide bonds. The smallest absolute Gasteiger partial charge is 0.382 e. The fourth-order valence-corrected chi connectivity index (χ4v) is 6.51. The number of nitrogens with one attached hydrogen (secondary N) is 1. The number of halogens is 4. The average Bonchev–Trinajstić information content (AvgIpc) is 3.33. The fourth-order valence-electron chi connectivity index (χ4n) is 5.42. The molecule has 0 unspecified atom stereocenters. The molecule has 0 spiro atoms. The van der Waals surface area contributed by atoms with Gasteiger partial charge in [0.25, 0.3) is 5.69 Å². The van der Waals surface area contributed by atoms with Gasteiger partial charge in [-0.15, -0.1) is 11.3 Å². The average molecular weight is 595 g/mol. The van der Waals surface area contributed by atoms with Crippen molar-refractivity contribution in [1.29, 1.82) is 0 Å². The number of carbonyl (C=O) groups is 1. The number of nitro benzene ring substituents is 1. The highest BCUT2D eigenvalue weighted by Gasteiger charge is 2.38. The number of hydrogen-bond acceptors (Lipinski definition) is 7. The van der Waals surface area contributed by atoms with E-state index < -0.39 is 22.4 Å². The molecule has 2 aliphatic rings. The number of amides is 1. The highest BCUT2D eigenvalue weighted by molar-refractivity contribution is 7.19. The van der Waals surface area contributed by atoms with Crippen molar-refractivity contribution in [2.24, 2.45) is 0 Å². The predicted molar refractivity (Wildman–Crippen MR) is 147 cm³/mol. The Hall–Kier alpha value is -3.29. The second-order valence-electron chi connectivity index (χ2n) is 10.5. The third-order valence-corrected chi connectivity index (χ3v) is 8.72. The zero-order valence-electron chi connectivity index (χ0n) is 22.2. The molecule has 1 aliphatic carbocycles. The van der Waals surface area contributed by atoms with Crippen LogP contribution in [-0.2, 0) is 22.3 Å². The monoisotopic (exact) mass is 594 g/mol. The third kappa shape index (κ3) is 7.32. The molecule has 1 saturated heterocycles. The van der Waals surface area contributed by atoms with E-state index in [1.807, 2.05) is 6.07 Å². The summed E-state index contributed by atoms with van der Waals surface area (Å²) in [6.07, 6.45) is -2.36. The number of ether oxygens (including phenoxy) is 1. The van der Waals surface area contributed by atoms with Crippen LogP contribution in [0.1, 0.15) is 36.1 Å². The first-order valence-corrected chi connectivity index (χ1v) is 14.3. The second kappa shape index (κ2) is 12.3. The number of fused-ring (bicyclic) bond motifs is 1. The van der Waals surface area contributed by atoms with E-state index in [1.165, 1.54) is 12.1 Å². The largest absolute Gasteiger partial charge is 0.423 e. The van der Waals surface area contributed by atoms with E-state index in [4.69, 9.17) is 4.74 Å². The van der Waals surface area contributed by atoms with Crippen molar-refractivity contribution < 1.29 is 32.0 Å². The molecule has 0 atom stereocenters. The standard InChI is InChI=1S/C28H30F4N4O4S/c29-19-1-8-26-18(13-19)14-23(41-26)16-34-9-11-35(12-10-34)27(37)17-40-22-5-2-20(3-6-22)33-21-4-7-25(36(38)39)24(15-21)28(30,31)32/h1,4,7-8,13-15,20,22,33H,2-3,5-6,9-12,16-17H2. The topological polar surface area (TPSA) is 87.9 Å². The van der Waals surface area contributed by atoms with E-state index in [0.717, 1.165) is 46.7 Å². The molecule has 3 aromatic rings. The van der Waals surface area contributed by atoms with E-state index in [2.05, 4.69) is 10.2 Å². The molecular weight excluding hydrogens is 564 g/mol. The van der Waals surface area contributed by atoms with Gasteiger partial charge in [-0.3, -0.25) is 19.8 Å². The molecule has 1 saturated carbocycles. The van der Waals surface area contributed by atoms with Gasteiger partial charge in [-0.1, -0.05) is 0 Å². The quantitative estimate of drug-likeness (QED) is 0.194. The van der Waals surface area contributed by atoms with Crippen LogP contribution in [0.4, 0.5) is 28.9 Å². The summed E-state index contributed by atoms with van der Waals surface area (Å²) in [5, 5.41) is 14.9. The number of piperazine rings is 1. The zero-order chi connectivity index (χ0) is 29.1. The minimum Gasteiger partial charge on any atom is -0.382 e. The Bertz CT molecular complexity index is 1400. The lowest BCUT2D eigenvalue weighted by atomic mass is 9.92. The first-order valence-electron chi connectivity index (χ1n) is 13.5. The zero-order valence-corrected chi connectivity index (χ0v) is 23.0. The number of benzene rings is 2. The van der Waals surface area contributed by atoms with E-state index >= 15 is 0 Å². The lowest BCUT2D eigenvalue weighted by Gasteiger charge is -2.35. The molecule has 220 valence electrons. The van der Waals surface area contributed by atoms with Crippen molar-refractivity contribution in [2.45, 2.75) is 50.6 Å². The van der Waals surface area contributed by atoms with Gasteiger partial charge < -0.3 is 15.0 Å². The number of nitrogens with zero attached hydrogens (tertiary/aromatic N) is 3. The van der Waals surface area contributed by atoms with E-state index in [-0.39, 0.29) is 36.2 Å². The Morgan fingerprint density at radius 3 is 2.46 bits per heavy atom. The number of anilines is 1. The van der Waals surface area contributed by atoms with Crippen LogP contribution in [0.5, 0.6) is 0 Å². The summed E-state index contributed by atoms with van der Waals surface area (Å²) >= 11 is 1.65. The second-order valence-corrected chi connectivity index (χ2v) is 11.6. The van der Waals surface area contributed by atoms with Gasteiger partial charge >= 0.3 is 6.18 Å². The van der Waals surface area contributed by atoms with Crippen LogP contribution < -0.4 is 5.32 Å². The van der Waals surface area contributed by atoms with Gasteiger partial charge in [-0.05, 0) is 67.5 Å². The maximum Gasteiger partial charge on any atom is 0.423 e. The van der Waals surface area contributed by atoms with Crippen LogP contribution in [0.15, 0.2) is 42.5 Å². The minimum atomic E-state index is -4.83. The molecular formula is C28H30F4N4O4S. The Morgan fingerprint density at radius 2 is 1.78 bits per heavy atom. The van der Waals surface area contributed by atoms with Gasteiger partial charge in [0.15, 0.2) is 0 Å². The highest BCUT2D eigenvalue weighted by atomic mass is 32.1. The molecule has 1 aliphatic heterocycles. The molecule has 0 bridgehead atoms. The SMILES string of the molecule is O=C(COC1CCC(Nc2ccc([N+](=O)[O-])c(C(F)(F)F)c2)CC1)N1CCN(Cc2cc3cc(F)ccc3s2)CC1. The van der Waals surface area contributed by atoms with Crippen LogP contribution >= 0.6 is 11.3 Å². The maximum absolute atomic E-state index is 13.5. The molecule has 1 N–H and O–H groups in total.